The lowest BCUT2D eigenvalue weighted by Gasteiger charge is -2.29. The lowest BCUT2D eigenvalue weighted by molar-refractivity contribution is -0.118. The molecule has 28 heavy (non-hydrogen) atoms. The SMILES string of the molecule is CCCCN(CC)C1=NC(Cc2ccccc2)C(=O)N1c1cc(C)cc(C)c1. The van der Waals surface area contributed by atoms with Crippen molar-refractivity contribution in [1.82, 2.24) is 4.90 Å². The molecule has 2 aromatic carbocycles. The number of unbranched alkanes of at least 4 members (excludes halogenated alkanes) is 1. The number of hydrogen-bond acceptors (Lipinski definition) is 3. The summed E-state index contributed by atoms with van der Waals surface area (Å²) in [6, 6.07) is 16.1. The van der Waals surface area contributed by atoms with Crippen LogP contribution in [0.2, 0.25) is 0 Å². The smallest absolute Gasteiger partial charge is 0.259 e. The summed E-state index contributed by atoms with van der Waals surface area (Å²) in [4.78, 5) is 22.4. The molecular weight excluding hydrogens is 346 g/mol. The number of hydrogen-bond donors (Lipinski definition) is 0. The lowest BCUT2D eigenvalue weighted by atomic mass is 10.1. The van der Waals surface area contributed by atoms with Crippen molar-refractivity contribution < 1.29 is 4.79 Å². The maximum Gasteiger partial charge on any atom is 0.259 e. The Balaban J connectivity index is 1.97. The van der Waals surface area contributed by atoms with E-state index in [9.17, 15) is 4.79 Å². The molecule has 0 spiro atoms. The van der Waals surface area contributed by atoms with Crippen LogP contribution in [0, 0.1) is 13.8 Å². The lowest BCUT2D eigenvalue weighted by Crippen LogP contribution is -2.45. The molecule has 3 rings (SSSR count). The number of amides is 1. The normalized spacial score (nSPS) is 16.4. The summed E-state index contributed by atoms with van der Waals surface area (Å²) in [6.07, 6.45) is 2.84. The second-order valence-electron chi connectivity index (χ2n) is 7.59. The molecule has 1 aliphatic rings. The molecule has 1 unspecified atom stereocenters. The first-order valence-electron chi connectivity index (χ1n) is 10.3. The topological polar surface area (TPSA) is 35.9 Å². The van der Waals surface area contributed by atoms with Crippen molar-refractivity contribution in [3.63, 3.8) is 0 Å². The number of guanidine groups is 1. The van der Waals surface area contributed by atoms with Gasteiger partial charge in [0.1, 0.15) is 6.04 Å². The van der Waals surface area contributed by atoms with E-state index in [4.69, 9.17) is 4.99 Å². The molecule has 4 nitrogen and oxygen atoms in total. The highest BCUT2D eigenvalue weighted by atomic mass is 16.2. The van der Waals surface area contributed by atoms with Crippen LogP contribution < -0.4 is 4.90 Å². The monoisotopic (exact) mass is 377 g/mol. The molecule has 1 atom stereocenters. The highest BCUT2D eigenvalue weighted by molar-refractivity contribution is 6.22. The van der Waals surface area contributed by atoms with Gasteiger partial charge >= 0.3 is 0 Å². The van der Waals surface area contributed by atoms with Gasteiger partial charge in [-0.1, -0.05) is 49.7 Å². The summed E-state index contributed by atoms with van der Waals surface area (Å²) in [5.74, 6) is 0.866. The van der Waals surface area contributed by atoms with E-state index in [0.717, 1.165) is 54.3 Å². The van der Waals surface area contributed by atoms with Gasteiger partial charge in [-0.15, -0.1) is 0 Å². The van der Waals surface area contributed by atoms with Crippen molar-refractivity contribution in [1.29, 1.82) is 0 Å². The maximum absolute atomic E-state index is 13.4. The minimum Gasteiger partial charge on any atom is -0.342 e. The molecule has 0 saturated carbocycles. The summed E-state index contributed by atoms with van der Waals surface area (Å²) < 4.78 is 0. The summed E-state index contributed by atoms with van der Waals surface area (Å²) in [5, 5.41) is 0. The van der Waals surface area contributed by atoms with Crippen molar-refractivity contribution in [3.05, 3.63) is 65.2 Å². The van der Waals surface area contributed by atoms with Crippen molar-refractivity contribution in [2.24, 2.45) is 4.99 Å². The first-order valence-corrected chi connectivity index (χ1v) is 10.3. The molecule has 0 radical (unpaired) electrons. The van der Waals surface area contributed by atoms with Crippen molar-refractivity contribution >= 4 is 17.6 Å². The average molecular weight is 378 g/mol. The predicted octanol–water partition coefficient (Wildman–Crippen LogP) is 4.74. The molecule has 0 bridgehead atoms. The van der Waals surface area contributed by atoms with Gasteiger partial charge in [-0.3, -0.25) is 4.79 Å². The molecule has 148 valence electrons. The molecule has 0 aliphatic carbocycles. The number of carbonyl (C=O) groups is 1. The Morgan fingerprint density at radius 2 is 1.71 bits per heavy atom. The van der Waals surface area contributed by atoms with Crippen molar-refractivity contribution in [2.45, 2.75) is 53.0 Å². The number of carbonyl (C=O) groups excluding carboxylic acids is 1. The van der Waals surface area contributed by atoms with Gasteiger partial charge in [-0.05, 0) is 56.0 Å². The van der Waals surface area contributed by atoms with E-state index in [1.165, 1.54) is 0 Å². The maximum atomic E-state index is 13.4. The average Bonchev–Trinajstić information content (AvgIpc) is 2.98. The minimum atomic E-state index is -0.367. The van der Waals surface area contributed by atoms with E-state index in [2.05, 4.69) is 62.9 Å². The zero-order chi connectivity index (χ0) is 20.1. The fourth-order valence-electron chi connectivity index (χ4n) is 3.76. The van der Waals surface area contributed by atoms with Gasteiger partial charge < -0.3 is 4.90 Å². The Kier molecular flexibility index (Phi) is 6.50. The summed E-state index contributed by atoms with van der Waals surface area (Å²) in [5.41, 5.74) is 4.38. The Morgan fingerprint density at radius 3 is 2.32 bits per heavy atom. The zero-order valence-electron chi connectivity index (χ0n) is 17.5. The largest absolute Gasteiger partial charge is 0.342 e. The Bertz CT molecular complexity index is 824. The molecule has 0 aromatic heterocycles. The molecule has 0 N–H and O–H groups in total. The second kappa shape index (κ2) is 9.05. The second-order valence-corrected chi connectivity index (χ2v) is 7.59. The summed E-state index contributed by atoms with van der Waals surface area (Å²) in [6.45, 7) is 10.2. The number of nitrogens with zero attached hydrogens (tertiary/aromatic N) is 3. The standard InChI is InChI=1S/C24H31N3O/c1-5-7-13-26(6-2)24-25-22(17-20-11-9-8-10-12-20)23(28)27(24)21-15-18(3)14-19(4)16-21/h8-12,14-16,22H,5-7,13,17H2,1-4H3. The third-order valence-electron chi connectivity index (χ3n) is 5.16. The number of aliphatic imine (C=N–C) groups is 1. The van der Waals surface area contributed by atoms with Crippen LogP contribution in [0.25, 0.3) is 0 Å². The Labute approximate surface area is 168 Å². The summed E-state index contributed by atoms with van der Waals surface area (Å²) in [7, 11) is 0. The molecule has 1 amide bonds. The molecule has 2 aromatic rings. The van der Waals surface area contributed by atoms with Crippen LogP contribution in [0.1, 0.15) is 43.4 Å². The van der Waals surface area contributed by atoms with Crippen LogP contribution in [0.4, 0.5) is 5.69 Å². The fourth-order valence-corrected chi connectivity index (χ4v) is 3.76. The third-order valence-corrected chi connectivity index (χ3v) is 5.16. The van der Waals surface area contributed by atoms with E-state index in [1.807, 2.05) is 23.1 Å². The number of benzene rings is 2. The van der Waals surface area contributed by atoms with Gasteiger partial charge in [-0.2, -0.15) is 0 Å². The molecular formula is C24H31N3O. The van der Waals surface area contributed by atoms with Crippen LogP contribution in [0.15, 0.2) is 53.5 Å². The van der Waals surface area contributed by atoms with Crippen LogP contribution in [0.5, 0.6) is 0 Å². The molecule has 1 heterocycles. The van der Waals surface area contributed by atoms with Crippen LogP contribution >= 0.6 is 0 Å². The van der Waals surface area contributed by atoms with E-state index in [1.54, 1.807) is 0 Å². The van der Waals surface area contributed by atoms with Gasteiger partial charge in [0.2, 0.25) is 5.96 Å². The van der Waals surface area contributed by atoms with Gasteiger partial charge in [0.05, 0.1) is 5.69 Å². The Hall–Kier alpha value is -2.62. The predicted molar refractivity (Wildman–Crippen MR) is 117 cm³/mol. The van der Waals surface area contributed by atoms with Crippen LogP contribution in [-0.2, 0) is 11.2 Å². The van der Waals surface area contributed by atoms with Crippen LogP contribution in [0.3, 0.4) is 0 Å². The molecule has 0 fully saturated rings. The Morgan fingerprint density at radius 1 is 1.04 bits per heavy atom. The van der Waals surface area contributed by atoms with Gasteiger partial charge in [0.25, 0.3) is 5.91 Å². The van der Waals surface area contributed by atoms with Crippen LogP contribution in [-0.4, -0.2) is 35.9 Å². The fraction of sp³-hybridized carbons (Fsp3) is 0.417. The quantitative estimate of drug-likeness (QED) is 0.699. The first kappa shape index (κ1) is 20.1. The zero-order valence-corrected chi connectivity index (χ0v) is 17.5. The highest BCUT2D eigenvalue weighted by Crippen LogP contribution is 2.27. The molecule has 4 heteroatoms. The van der Waals surface area contributed by atoms with E-state index in [-0.39, 0.29) is 11.9 Å². The molecule has 0 saturated heterocycles. The highest BCUT2D eigenvalue weighted by Gasteiger charge is 2.38. The van der Waals surface area contributed by atoms with Gasteiger partial charge in [0.15, 0.2) is 0 Å². The van der Waals surface area contributed by atoms with Crippen molar-refractivity contribution in [3.8, 4) is 0 Å². The van der Waals surface area contributed by atoms with Crippen molar-refractivity contribution in [2.75, 3.05) is 18.0 Å². The van der Waals surface area contributed by atoms with E-state index >= 15 is 0 Å². The molecule has 1 aliphatic heterocycles. The number of rotatable bonds is 7. The minimum absolute atomic E-state index is 0.0683. The third kappa shape index (κ3) is 4.44. The van der Waals surface area contributed by atoms with Gasteiger partial charge in [-0.25, -0.2) is 9.89 Å². The van der Waals surface area contributed by atoms with Gasteiger partial charge in [0, 0.05) is 19.5 Å². The number of aryl methyl sites for hydroxylation is 2. The first-order chi connectivity index (χ1) is 13.5. The van der Waals surface area contributed by atoms with E-state index in [0.29, 0.717) is 6.42 Å². The summed E-state index contributed by atoms with van der Waals surface area (Å²) >= 11 is 0. The number of anilines is 1. The van der Waals surface area contributed by atoms with E-state index < -0.39 is 0 Å².